The molecule has 1 saturated carbocycles. The van der Waals surface area contributed by atoms with Crippen LogP contribution < -0.4 is 0 Å². The Morgan fingerprint density at radius 3 is 1.14 bits per heavy atom. The van der Waals surface area contributed by atoms with Crippen molar-refractivity contribution in [2.45, 2.75) is 479 Å². The van der Waals surface area contributed by atoms with Crippen LogP contribution in [0.2, 0.25) is 0 Å². The molecule has 2 aliphatic heterocycles. The second-order valence-corrected chi connectivity index (χ2v) is 34.1. The van der Waals surface area contributed by atoms with Gasteiger partial charge in [0.05, 0.1) is 13.2 Å². The Bertz CT molecular complexity index is 2490. The van der Waals surface area contributed by atoms with Crippen LogP contribution in [0.5, 0.6) is 0 Å². The van der Waals surface area contributed by atoms with E-state index < -0.39 is 162 Å². The van der Waals surface area contributed by atoms with E-state index in [-0.39, 0.29) is 25.7 Å². The van der Waals surface area contributed by atoms with Crippen molar-refractivity contribution in [2.75, 3.05) is 26.4 Å². The van der Waals surface area contributed by atoms with Crippen LogP contribution in [0.15, 0.2) is 24.3 Å². The minimum Gasteiger partial charge on any atom is -0.463 e. The Hall–Kier alpha value is -3.05. The monoisotopic (exact) mass is 1650 g/mol. The van der Waals surface area contributed by atoms with Crippen molar-refractivity contribution in [1.29, 1.82) is 0 Å². The minimum absolute atomic E-state index is 0.00679. The molecule has 0 bridgehead atoms. The molecule has 0 amide bonds. The average molecular weight is 1650 g/mol. The molecule has 25 nitrogen and oxygen atoms in total. The normalized spacial score (nSPS) is 25.7. The maximum Gasteiger partial charge on any atom is 0.472 e. The predicted molar refractivity (Wildman–Crippen MR) is 439 cm³/mol. The van der Waals surface area contributed by atoms with Gasteiger partial charge in [-0.05, 0) is 83.0 Å². The van der Waals surface area contributed by atoms with Crippen LogP contribution in [-0.4, -0.2) is 205 Å². The van der Waals surface area contributed by atoms with Gasteiger partial charge in [-0.25, -0.2) is 4.57 Å². The summed E-state index contributed by atoms with van der Waals surface area (Å²) >= 11 is 0. The molecule has 3 aliphatic rings. The van der Waals surface area contributed by atoms with Gasteiger partial charge in [-0.1, -0.05) is 296 Å². The van der Waals surface area contributed by atoms with Crippen LogP contribution in [0.1, 0.15) is 375 Å². The average Bonchev–Trinajstić information content (AvgIpc) is 0.754. The molecule has 1 aliphatic carbocycles. The first-order chi connectivity index (χ1) is 55.1. The van der Waals surface area contributed by atoms with Crippen LogP contribution in [0.3, 0.4) is 0 Å². The summed E-state index contributed by atoms with van der Waals surface area (Å²) in [5.41, 5.74) is 0. The highest BCUT2D eigenvalue weighted by Crippen LogP contribution is 2.49. The topological polar surface area (TPSA) is 380 Å². The van der Waals surface area contributed by atoms with Gasteiger partial charge in [-0.3, -0.25) is 28.2 Å². The van der Waals surface area contributed by atoms with Crippen molar-refractivity contribution in [3.63, 3.8) is 0 Å². The molecule has 0 spiro atoms. The lowest BCUT2D eigenvalue weighted by Crippen LogP contribution is -2.70. The third kappa shape index (κ3) is 47.2. The quantitative estimate of drug-likeness (QED) is 0.00889. The van der Waals surface area contributed by atoms with Gasteiger partial charge < -0.3 is 88.7 Å². The number of aliphatic hydroxyl groups excluding tert-OH is 9. The van der Waals surface area contributed by atoms with Crippen molar-refractivity contribution in [1.82, 2.24) is 0 Å². The van der Waals surface area contributed by atoms with E-state index in [2.05, 4.69) is 58.9 Å². The fourth-order valence-electron chi connectivity index (χ4n) is 15.0. The lowest BCUT2D eigenvalue weighted by molar-refractivity contribution is -0.360. The second kappa shape index (κ2) is 66.6. The number of carbonyl (C=O) groups excluding carboxylic acids is 4. The summed E-state index contributed by atoms with van der Waals surface area (Å²) in [5, 5.41) is 102. The molecule has 3 fully saturated rings. The SMILES string of the molecule is CCCCCCCC/C=C\CCCCCC(=O)OCC1OC(OC2C(OC(=O)CCCCCCCCC(C)CCCCCCCC)C(O)C(O)C(OC3OC(CO)C(O)C(O)C3O)C2OP(=O)(O)OCC(COC(=O)CCCCCCCCCCCCCCC)OC(=O)CCCCC/C=C\CCCCCCCC)C(O)C(O)C1O. The zero-order valence-corrected chi connectivity index (χ0v) is 71.9. The zero-order valence-electron chi connectivity index (χ0n) is 71.0. The molecule has 3 rings (SSSR count). The predicted octanol–water partition coefficient (Wildman–Crippen LogP) is 16.0. The third-order valence-corrected chi connectivity index (χ3v) is 23.3. The molecule has 114 heavy (non-hydrogen) atoms. The first kappa shape index (κ1) is 105. The third-order valence-electron chi connectivity index (χ3n) is 22.3. The largest absolute Gasteiger partial charge is 0.472 e. The minimum atomic E-state index is -5.81. The molecule has 2 saturated heterocycles. The zero-order chi connectivity index (χ0) is 83.4. The van der Waals surface area contributed by atoms with Gasteiger partial charge >= 0.3 is 31.7 Å². The van der Waals surface area contributed by atoms with E-state index in [0.29, 0.717) is 50.9 Å². The van der Waals surface area contributed by atoms with Gasteiger partial charge in [-0.15, -0.1) is 0 Å². The molecule has 19 atom stereocenters. The fourth-order valence-corrected chi connectivity index (χ4v) is 15.9. The van der Waals surface area contributed by atoms with Crippen molar-refractivity contribution < 1.29 is 122 Å². The van der Waals surface area contributed by atoms with E-state index in [4.69, 9.17) is 46.9 Å². The molecule has 10 N–H and O–H groups in total. The molecule has 2 heterocycles. The van der Waals surface area contributed by atoms with Crippen molar-refractivity contribution in [3.8, 4) is 0 Å². The van der Waals surface area contributed by atoms with Crippen LogP contribution in [-0.2, 0) is 70.7 Å². The van der Waals surface area contributed by atoms with Crippen LogP contribution >= 0.6 is 7.82 Å². The summed E-state index contributed by atoms with van der Waals surface area (Å²) in [6.45, 7) is 7.83. The number of hydrogen-bond donors (Lipinski definition) is 10. The van der Waals surface area contributed by atoms with Crippen molar-refractivity contribution in [2.24, 2.45) is 5.92 Å². The number of phosphoric ester groups is 1. The number of carbonyl (C=O) groups is 4. The highest BCUT2D eigenvalue weighted by Gasteiger charge is 2.60. The summed E-state index contributed by atoms with van der Waals surface area (Å²) in [6, 6.07) is 0. The number of ether oxygens (including phenoxy) is 8. The van der Waals surface area contributed by atoms with E-state index in [1.165, 1.54) is 154 Å². The Kier molecular flexibility index (Phi) is 61.5. The summed E-state index contributed by atoms with van der Waals surface area (Å²) < 4.78 is 73.3. The van der Waals surface area contributed by atoms with Gasteiger partial charge in [0.15, 0.2) is 24.8 Å². The molecule has 668 valence electrons. The van der Waals surface area contributed by atoms with Gasteiger partial charge in [0.2, 0.25) is 0 Å². The second-order valence-electron chi connectivity index (χ2n) is 32.7. The first-order valence-electron chi connectivity index (χ1n) is 45.5. The molecular weight excluding hydrogens is 1490 g/mol. The lowest BCUT2D eigenvalue weighted by atomic mass is 9.84. The number of phosphoric acid groups is 1. The van der Waals surface area contributed by atoms with E-state index in [1.54, 1.807) is 0 Å². The fraction of sp³-hybridized carbons (Fsp3) is 0.909. The molecule has 0 radical (unpaired) electrons. The Balaban J connectivity index is 1.95. The number of hydrogen-bond acceptors (Lipinski definition) is 24. The molecular formula is C88H161O25P. The lowest BCUT2D eigenvalue weighted by Gasteiger charge is -2.50. The Morgan fingerprint density at radius 1 is 0.368 bits per heavy atom. The van der Waals surface area contributed by atoms with Crippen LogP contribution in [0, 0.1) is 5.92 Å². The number of allylic oxidation sites excluding steroid dienone is 4. The van der Waals surface area contributed by atoms with Gasteiger partial charge in [0.25, 0.3) is 0 Å². The molecule has 0 aromatic heterocycles. The Morgan fingerprint density at radius 2 is 0.711 bits per heavy atom. The molecule has 19 unspecified atom stereocenters. The van der Waals surface area contributed by atoms with Gasteiger partial charge in [0, 0.05) is 25.7 Å². The number of esters is 4. The number of rotatable bonds is 72. The maximum atomic E-state index is 14.9. The van der Waals surface area contributed by atoms with Crippen LogP contribution in [0.4, 0.5) is 0 Å². The van der Waals surface area contributed by atoms with E-state index in [1.807, 2.05) is 0 Å². The molecule has 0 aromatic carbocycles. The summed E-state index contributed by atoms with van der Waals surface area (Å²) in [7, 11) is -5.81. The standard InChI is InChI=1S/C88H161O25P/c1-6-10-14-18-22-25-28-31-34-37-40-47-53-59-71(90)104-64-68(107-73(92)61-55-49-42-39-36-33-30-27-24-20-16-12-8-3)65-106-114(102,103)113-86-84(111-87-81(100)77(96)75(94)69(63-89)108-87)80(99)79(98)83(110-74(93)62-56-50-44-43-46-52-58-67(5)57-51-45-21-17-13-9-4)85(86)112-88-82(101)78(97)76(95)70(109-88)66-105-72(91)60-54-48-41-38-35-32-29-26-23-19-15-11-7-2/h32-33,35-36,67-70,75-89,94-101H,6-31,34,37-66H2,1-5H3,(H,102,103)/b35-32-,36-33-. The first-order valence-corrected chi connectivity index (χ1v) is 47.0. The summed E-state index contributed by atoms with van der Waals surface area (Å²) in [6.07, 6.45) is 23.5. The highest BCUT2D eigenvalue weighted by molar-refractivity contribution is 7.47. The maximum absolute atomic E-state index is 14.9. The van der Waals surface area contributed by atoms with Crippen molar-refractivity contribution >= 4 is 31.7 Å². The van der Waals surface area contributed by atoms with E-state index in [9.17, 15) is 74.6 Å². The molecule has 0 aromatic rings. The summed E-state index contributed by atoms with van der Waals surface area (Å²) in [5.74, 6) is -2.38. The van der Waals surface area contributed by atoms with Crippen molar-refractivity contribution in [3.05, 3.63) is 24.3 Å². The van der Waals surface area contributed by atoms with Crippen LogP contribution in [0.25, 0.3) is 0 Å². The number of aliphatic hydroxyl groups is 9. The number of unbranched alkanes of at least 4 members (excludes halogenated alkanes) is 40. The summed E-state index contributed by atoms with van der Waals surface area (Å²) in [4.78, 5) is 66.3. The Labute approximate surface area is 685 Å². The van der Waals surface area contributed by atoms with Gasteiger partial charge in [-0.2, -0.15) is 0 Å². The van der Waals surface area contributed by atoms with Gasteiger partial charge in [0.1, 0.15) is 92.6 Å². The van der Waals surface area contributed by atoms with E-state index in [0.717, 1.165) is 116 Å². The smallest absolute Gasteiger partial charge is 0.463 e. The highest BCUT2D eigenvalue weighted by atomic mass is 31.2. The molecule has 26 heteroatoms. The van der Waals surface area contributed by atoms with E-state index >= 15 is 0 Å².